The van der Waals surface area contributed by atoms with Gasteiger partial charge < -0.3 is 0 Å². The van der Waals surface area contributed by atoms with E-state index >= 15 is 0 Å². The molecule has 5 nitrogen and oxygen atoms in total. The third kappa shape index (κ3) is 5.85. The Hall–Kier alpha value is -4.30. The summed E-state index contributed by atoms with van der Waals surface area (Å²) < 4.78 is 1.15. The fraction of sp³-hybridized carbons (Fsp3) is 0.262. The van der Waals surface area contributed by atoms with Gasteiger partial charge in [0.2, 0.25) is 0 Å². The lowest BCUT2D eigenvalue weighted by Crippen LogP contribution is -2.25. The van der Waals surface area contributed by atoms with Crippen LogP contribution >= 0.6 is 22.6 Å². The summed E-state index contributed by atoms with van der Waals surface area (Å²) in [4.78, 5) is 34.0. The number of nitrogens with zero attached hydrogens (tertiary/aromatic N) is 4. The van der Waals surface area contributed by atoms with Crippen LogP contribution in [0.1, 0.15) is 77.6 Å². The summed E-state index contributed by atoms with van der Waals surface area (Å²) in [5, 5.41) is 0. The minimum Gasteiger partial charge on any atom is -0.291 e. The quantitative estimate of drug-likeness (QED) is 0.283. The lowest BCUT2D eigenvalue weighted by molar-refractivity contribution is -0.118. The molecule has 0 radical (unpaired) electrons. The average molecular weight is 743 g/mol. The van der Waals surface area contributed by atoms with Gasteiger partial charge in [-0.2, -0.15) is 0 Å². The predicted octanol–water partition coefficient (Wildman–Crippen LogP) is 9.87. The molecule has 2 aromatic carbocycles. The van der Waals surface area contributed by atoms with Gasteiger partial charge >= 0.3 is 0 Å². The Bertz CT molecular complexity index is 2120. The topological polar surface area (TPSA) is 66.5 Å². The number of halogens is 1. The van der Waals surface area contributed by atoms with Gasteiger partial charge in [-0.1, -0.05) is 71.9 Å². The van der Waals surface area contributed by atoms with Crippen molar-refractivity contribution in [1.82, 2.24) is 0 Å². The first-order valence-corrected chi connectivity index (χ1v) is 17.5. The first-order valence-electron chi connectivity index (χ1n) is 16.4. The van der Waals surface area contributed by atoms with Crippen molar-refractivity contribution in [1.29, 1.82) is 0 Å². The summed E-state index contributed by atoms with van der Waals surface area (Å²) in [7, 11) is 0. The molecule has 5 aliphatic heterocycles. The van der Waals surface area contributed by atoms with Crippen LogP contribution in [-0.4, -0.2) is 28.6 Å². The van der Waals surface area contributed by atoms with Crippen molar-refractivity contribution in [3.05, 3.63) is 140 Å². The van der Waals surface area contributed by atoms with Crippen LogP contribution in [-0.2, 0) is 15.6 Å². The fourth-order valence-electron chi connectivity index (χ4n) is 6.29. The molecule has 240 valence electrons. The number of allylic oxidation sites excluding steroid dienone is 11. The van der Waals surface area contributed by atoms with Crippen LogP contribution in [0.4, 0.5) is 0 Å². The number of aliphatic imine (C=N–C) groups is 4. The van der Waals surface area contributed by atoms with Gasteiger partial charge in [-0.25, -0.2) is 20.0 Å². The highest BCUT2D eigenvalue weighted by Crippen LogP contribution is 2.40. The number of benzene rings is 2. The van der Waals surface area contributed by atoms with Gasteiger partial charge in [0.25, 0.3) is 0 Å². The molecule has 0 spiro atoms. The van der Waals surface area contributed by atoms with E-state index in [1.807, 2.05) is 38.2 Å². The van der Waals surface area contributed by atoms with E-state index in [4.69, 9.17) is 20.0 Å². The predicted molar refractivity (Wildman–Crippen MR) is 209 cm³/mol. The largest absolute Gasteiger partial charge is 0.291 e. The minimum atomic E-state index is -0.788. The van der Waals surface area contributed by atoms with Crippen molar-refractivity contribution in [3.63, 3.8) is 0 Å². The van der Waals surface area contributed by atoms with Crippen LogP contribution in [0.3, 0.4) is 0 Å². The van der Waals surface area contributed by atoms with Crippen LogP contribution in [0.5, 0.6) is 0 Å². The normalized spacial score (nSPS) is 19.9. The second-order valence-corrected chi connectivity index (χ2v) is 16.7. The Labute approximate surface area is 297 Å². The van der Waals surface area contributed by atoms with Crippen LogP contribution in [0.2, 0.25) is 0 Å². The zero-order valence-corrected chi connectivity index (χ0v) is 30.9. The van der Waals surface area contributed by atoms with Crippen molar-refractivity contribution < 1.29 is 4.79 Å². The first kappa shape index (κ1) is 32.3. The van der Waals surface area contributed by atoms with Crippen LogP contribution in [0.15, 0.2) is 134 Å². The fourth-order valence-corrected chi connectivity index (χ4v) is 6.65. The van der Waals surface area contributed by atoms with E-state index in [9.17, 15) is 4.79 Å². The van der Waals surface area contributed by atoms with Crippen LogP contribution in [0, 0.1) is 8.99 Å². The average Bonchev–Trinajstić information content (AvgIpc) is 3.81. The molecule has 0 saturated heterocycles. The Balaban J connectivity index is 1.54. The number of Topliss-reactive ketones (excluding diaryl/α,β-unsaturated/α-hetero) is 1. The van der Waals surface area contributed by atoms with Gasteiger partial charge in [0, 0.05) is 14.7 Å². The molecule has 7 rings (SSSR count). The molecule has 0 fully saturated rings. The molecule has 0 N–H and O–H groups in total. The van der Waals surface area contributed by atoms with Crippen LogP contribution in [0.25, 0.3) is 11.1 Å². The number of hydrogen-bond donors (Lipinski definition) is 0. The smallest absolute Gasteiger partial charge is 0.192 e. The molecule has 5 aliphatic rings. The second kappa shape index (κ2) is 11.4. The molecule has 6 heteroatoms. The lowest BCUT2D eigenvalue weighted by atomic mass is 9.78. The maximum absolute atomic E-state index is 13.6. The van der Waals surface area contributed by atoms with Crippen molar-refractivity contribution in [3.8, 4) is 0 Å². The van der Waals surface area contributed by atoms with Gasteiger partial charge in [-0.05, 0) is 130 Å². The third-order valence-electron chi connectivity index (χ3n) is 9.32. The lowest BCUT2D eigenvalue weighted by Gasteiger charge is -2.27. The van der Waals surface area contributed by atoms with Gasteiger partial charge in [0.15, 0.2) is 5.78 Å². The Kier molecular flexibility index (Phi) is 7.66. The molecular weight excluding hydrogens is 703 g/mol. The Morgan fingerprint density at radius 1 is 0.604 bits per heavy atom. The number of fused-ring (bicyclic) bond motifs is 4. The summed E-state index contributed by atoms with van der Waals surface area (Å²) in [5.74, 6) is -0.0286. The third-order valence-corrected chi connectivity index (χ3v) is 10.0. The first-order chi connectivity index (χ1) is 22.6. The van der Waals surface area contributed by atoms with E-state index < -0.39 is 5.41 Å². The maximum atomic E-state index is 13.6. The standard InChI is InChI=1S/C42H39IN4O/c1-40(2,3)26-19-25(20-27(21-26)41(4,5)6)38-32-16-14-30(45-32)23-36-42(7,8)39(48)35(47-36)22-29-13-15-31(44-29)37(33-17-18-34(38)46-33)24-9-11-28(43)12-10-24/h9-23H,1-8H3. The molecular formula is C42H39IN4O. The number of ketones is 1. The summed E-state index contributed by atoms with van der Waals surface area (Å²) in [6, 6.07) is 15.4. The number of carbonyl (C=O) groups is 1. The molecule has 2 aromatic rings. The minimum absolute atomic E-state index is 0.0286. The van der Waals surface area contributed by atoms with Gasteiger partial charge in [0.1, 0.15) is 5.71 Å². The van der Waals surface area contributed by atoms with E-state index in [-0.39, 0.29) is 16.6 Å². The molecule has 0 aromatic heterocycles. The highest BCUT2D eigenvalue weighted by molar-refractivity contribution is 14.1. The van der Waals surface area contributed by atoms with Crippen molar-refractivity contribution >= 4 is 62.4 Å². The van der Waals surface area contributed by atoms with Gasteiger partial charge in [0.05, 0.1) is 45.3 Å². The molecule has 0 saturated carbocycles. The highest BCUT2D eigenvalue weighted by Gasteiger charge is 2.40. The maximum Gasteiger partial charge on any atom is 0.192 e. The van der Waals surface area contributed by atoms with Crippen LogP contribution < -0.4 is 0 Å². The highest BCUT2D eigenvalue weighted by atomic mass is 127. The van der Waals surface area contributed by atoms with Crippen molar-refractivity contribution in [2.45, 2.75) is 66.2 Å². The second-order valence-electron chi connectivity index (χ2n) is 15.4. The molecule has 48 heavy (non-hydrogen) atoms. The van der Waals surface area contributed by atoms with E-state index in [0.717, 1.165) is 54.4 Å². The van der Waals surface area contributed by atoms with Gasteiger partial charge in [-0.3, -0.25) is 4.79 Å². The summed E-state index contributed by atoms with van der Waals surface area (Å²) >= 11 is 2.33. The molecule has 0 aliphatic carbocycles. The Morgan fingerprint density at radius 3 is 1.85 bits per heavy atom. The summed E-state index contributed by atoms with van der Waals surface area (Å²) in [6.45, 7) is 17.4. The molecule has 0 unspecified atom stereocenters. The zero-order chi connectivity index (χ0) is 34.2. The Morgan fingerprint density at radius 2 is 1.19 bits per heavy atom. The number of rotatable bonds is 2. The summed E-state index contributed by atoms with van der Waals surface area (Å²) in [6.07, 6.45) is 15.9. The molecule has 0 amide bonds. The van der Waals surface area contributed by atoms with E-state index in [1.54, 1.807) is 6.08 Å². The van der Waals surface area contributed by atoms with E-state index in [0.29, 0.717) is 17.1 Å². The van der Waals surface area contributed by atoms with Crippen molar-refractivity contribution in [2.24, 2.45) is 25.4 Å². The van der Waals surface area contributed by atoms with Crippen molar-refractivity contribution in [2.75, 3.05) is 0 Å². The zero-order valence-electron chi connectivity index (χ0n) is 28.7. The number of hydrogen-bond acceptors (Lipinski definition) is 5. The summed E-state index contributed by atoms with van der Waals surface area (Å²) in [5.41, 5.74) is 11.4. The molecule has 0 atom stereocenters. The monoisotopic (exact) mass is 742 g/mol. The van der Waals surface area contributed by atoms with E-state index in [2.05, 4.69) is 125 Å². The molecule has 5 heterocycles. The SMILES string of the molecule is CC1(C)C(=O)C2=NC1=CC1=NC(=C(c3cc(C(C)(C)C)cc(C(C)(C)C)c3)C3=NC(=C(c4ccc(I)cc4)C4=NC(=C2)C=C4)C=C3)C=C1. The van der Waals surface area contributed by atoms with Gasteiger partial charge in [-0.15, -0.1) is 0 Å². The number of carbonyl (C=O) groups excluding carboxylic acids is 1. The molecule has 8 bridgehead atoms. The van der Waals surface area contributed by atoms with E-state index in [1.165, 1.54) is 11.1 Å².